The van der Waals surface area contributed by atoms with Crippen molar-refractivity contribution in [1.29, 1.82) is 0 Å². The molecule has 0 atom stereocenters. The quantitative estimate of drug-likeness (QED) is 0.813. The van der Waals surface area contributed by atoms with E-state index in [1.165, 1.54) is 11.3 Å². The molecule has 0 fully saturated rings. The van der Waals surface area contributed by atoms with Crippen molar-refractivity contribution < 1.29 is 4.79 Å². The molecule has 0 radical (unpaired) electrons. The molecule has 2 aromatic rings. The maximum atomic E-state index is 11.5. The molecule has 0 unspecified atom stereocenters. The van der Waals surface area contributed by atoms with Crippen molar-refractivity contribution in [3.63, 3.8) is 0 Å². The average molecular weight is 205 g/mol. The Labute approximate surface area is 84.6 Å². The first-order valence-corrected chi connectivity index (χ1v) is 4.91. The Bertz CT molecular complexity index is 413. The molecule has 5 heteroatoms. The van der Waals surface area contributed by atoms with Crippen LogP contribution in [-0.2, 0) is 0 Å². The fourth-order valence-corrected chi connectivity index (χ4v) is 1.57. The van der Waals surface area contributed by atoms with Crippen molar-refractivity contribution >= 4 is 23.2 Å². The maximum absolute atomic E-state index is 11.5. The molecular formula is C9H7N3OS. The highest BCUT2D eigenvalue weighted by Gasteiger charge is 2.06. The highest BCUT2D eigenvalue weighted by molar-refractivity contribution is 7.08. The smallest absolute Gasteiger partial charge is 0.258 e. The average Bonchev–Trinajstić information content (AvgIpc) is 2.72. The van der Waals surface area contributed by atoms with Crippen molar-refractivity contribution in [1.82, 2.24) is 9.97 Å². The van der Waals surface area contributed by atoms with Gasteiger partial charge in [0.15, 0.2) is 0 Å². The van der Waals surface area contributed by atoms with Gasteiger partial charge < -0.3 is 0 Å². The molecule has 0 saturated carbocycles. The molecule has 2 rings (SSSR count). The van der Waals surface area contributed by atoms with Crippen LogP contribution >= 0.6 is 11.3 Å². The number of amides is 1. The standard InChI is InChI=1S/C9H7N3OS/c13-8(7-2-5-14-6-7)12-9-10-3-1-4-11-9/h1-6H,(H,10,11,12,13). The van der Waals surface area contributed by atoms with Gasteiger partial charge in [0.25, 0.3) is 5.91 Å². The molecule has 14 heavy (non-hydrogen) atoms. The number of anilines is 1. The number of thiophene rings is 1. The van der Waals surface area contributed by atoms with E-state index in [1.807, 2.05) is 5.38 Å². The van der Waals surface area contributed by atoms with Crippen LogP contribution in [0, 0.1) is 0 Å². The fraction of sp³-hybridized carbons (Fsp3) is 0. The lowest BCUT2D eigenvalue weighted by molar-refractivity contribution is 0.102. The van der Waals surface area contributed by atoms with Gasteiger partial charge in [-0.1, -0.05) is 0 Å². The van der Waals surface area contributed by atoms with E-state index in [4.69, 9.17) is 0 Å². The van der Waals surface area contributed by atoms with Crippen molar-refractivity contribution in [2.24, 2.45) is 0 Å². The number of aromatic nitrogens is 2. The second kappa shape index (κ2) is 3.97. The van der Waals surface area contributed by atoms with Crippen LogP contribution < -0.4 is 5.32 Å². The first-order chi connectivity index (χ1) is 6.86. The van der Waals surface area contributed by atoms with E-state index in [-0.39, 0.29) is 5.91 Å². The molecule has 0 bridgehead atoms. The molecule has 4 nitrogen and oxygen atoms in total. The summed E-state index contributed by atoms with van der Waals surface area (Å²) in [5, 5.41) is 6.21. The van der Waals surface area contributed by atoms with Crippen LogP contribution in [0.3, 0.4) is 0 Å². The van der Waals surface area contributed by atoms with Gasteiger partial charge in [0, 0.05) is 17.8 Å². The minimum Gasteiger partial charge on any atom is -0.290 e. The summed E-state index contributed by atoms with van der Waals surface area (Å²) in [5.74, 6) is 0.140. The van der Waals surface area contributed by atoms with Gasteiger partial charge in [-0.25, -0.2) is 9.97 Å². The van der Waals surface area contributed by atoms with E-state index >= 15 is 0 Å². The van der Waals surface area contributed by atoms with E-state index in [1.54, 1.807) is 29.9 Å². The topological polar surface area (TPSA) is 54.9 Å². The summed E-state index contributed by atoms with van der Waals surface area (Å²) in [5.41, 5.74) is 0.627. The molecule has 0 saturated heterocycles. The summed E-state index contributed by atoms with van der Waals surface area (Å²) >= 11 is 1.48. The number of carbonyl (C=O) groups excluding carboxylic acids is 1. The fourth-order valence-electron chi connectivity index (χ4n) is 0.931. The van der Waals surface area contributed by atoms with Crippen molar-refractivity contribution in [2.75, 3.05) is 5.32 Å². The van der Waals surface area contributed by atoms with Gasteiger partial charge in [-0.15, -0.1) is 0 Å². The molecular weight excluding hydrogens is 198 g/mol. The van der Waals surface area contributed by atoms with Gasteiger partial charge in [0.05, 0.1) is 5.56 Å². The molecule has 2 heterocycles. The second-order valence-electron chi connectivity index (χ2n) is 2.54. The Morgan fingerprint density at radius 1 is 1.36 bits per heavy atom. The Kier molecular flexibility index (Phi) is 2.51. The van der Waals surface area contributed by atoms with E-state index in [9.17, 15) is 4.79 Å². The van der Waals surface area contributed by atoms with E-state index < -0.39 is 0 Å². The zero-order valence-corrected chi connectivity index (χ0v) is 7.99. The van der Waals surface area contributed by atoms with Gasteiger partial charge in [0.1, 0.15) is 0 Å². The minimum atomic E-state index is -0.183. The largest absolute Gasteiger partial charge is 0.290 e. The van der Waals surface area contributed by atoms with Crippen molar-refractivity contribution in [3.05, 3.63) is 40.8 Å². The van der Waals surface area contributed by atoms with Crippen LogP contribution in [0.5, 0.6) is 0 Å². The summed E-state index contributed by atoms with van der Waals surface area (Å²) in [6.07, 6.45) is 3.16. The maximum Gasteiger partial charge on any atom is 0.258 e. The number of hydrogen-bond donors (Lipinski definition) is 1. The predicted molar refractivity (Wildman–Crippen MR) is 54.3 cm³/mol. The molecule has 0 aliphatic carbocycles. The molecule has 0 aliphatic rings. The summed E-state index contributed by atoms with van der Waals surface area (Å²) in [6.45, 7) is 0. The number of nitrogens with one attached hydrogen (secondary N) is 1. The van der Waals surface area contributed by atoms with Crippen LogP contribution in [0.4, 0.5) is 5.95 Å². The molecule has 1 N–H and O–H groups in total. The third-order valence-electron chi connectivity index (χ3n) is 1.57. The van der Waals surface area contributed by atoms with Gasteiger partial charge >= 0.3 is 0 Å². The normalized spacial score (nSPS) is 9.71. The number of carbonyl (C=O) groups is 1. The molecule has 0 aliphatic heterocycles. The van der Waals surface area contributed by atoms with E-state index in [2.05, 4.69) is 15.3 Å². The Morgan fingerprint density at radius 3 is 2.79 bits per heavy atom. The molecule has 0 spiro atoms. The van der Waals surface area contributed by atoms with Gasteiger partial charge in [-0.05, 0) is 17.5 Å². The van der Waals surface area contributed by atoms with E-state index in [0.29, 0.717) is 11.5 Å². The first-order valence-electron chi connectivity index (χ1n) is 3.97. The second-order valence-corrected chi connectivity index (χ2v) is 3.32. The Hall–Kier alpha value is -1.75. The Balaban J connectivity index is 2.10. The van der Waals surface area contributed by atoms with Crippen molar-refractivity contribution in [2.45, 2.75) is 0 Å². The summed E-state index contributed by atoms with van der Waals surface area (Å²) < 4.78 is 0. The Morgan fingerprint density at radius 2 is 2.14 bits per heavy atom. The number of hydrogen-bond acceptors (Lipinski definition) is 4. The number of nitrogens with zero attached hydrogens (tertiary/aromatic N) is 2. The van der Waals surface area contributed by atoms with Crippen LogP contribution in [0.1, 0.15) is 10.4 Å². The lowest BCUT2D eigenvalue weighted by Crippen LogP contribution is -2.12. The van der Waals surface area contributed by atoms with E-state index in [0.717, 1.165) is 0 Å². The van der Waals surface area contributed by atoms with Crippen LogP contribution in [0.2, 0.25) is 0 Å². The first kappa shape index (κ1) is 8.83. The minimum absolute atomic E-state index is 0.183. The highest BCUT2D eigenvalue weighted by atomic mass is 32.1. The monoisotopic (exact) mass is 205 g/mol. The number of rotatable bonds is 2. The summed E-state index contributed by atoms with van der Waals surface area (Å²) in [6, 6.07) is 3.45. The molecule has 0 aromatic carbocycles. The zero-order chi connectivity index (χ0) is 9.80. The lowest BCUT2D eigenvalue weighted by Gasteiger charge is -1.99. The van der Waals surface area contributed by atoms with Gasteiger partial charge in [-0.3, -0.25) is 10.1 Å². The lowest BCUT2D eigenvalue weighted by atomic mass is 10.3. The molecule has 2 aromatic heterocycles. The summed E-state index contributed by atoms with van der Waals surface area (Å²) in [4.78, 5) is 19.3. The van der Waals surface area contributed by atoms with Gasteiger partial charge in [-0.2, -0.15) is 11.3 Å². The van der Waals surface area contributed by atoms with Crippen LogP contribution in [0.25, 0.3) is 0 Å². The molecule has 70 valence electrons. The van der Waals surface area contributed by atoms with Crippen LogP contribution in [0.15, 0.2) is 35.3 Å². The zero-order valence-electron chi connectivity index (χ0n) is 7.18. The predicted octanol–water partition coefficient (Wildman–Crippen LogP) is 1.79. The van der Waals surface area contributed by atoms with Crippen LogP contribution in [-0.4, -0.2) is 15.9 Å². The SMILES string of the molecule is O=C(Nc1ncccn1)c1ccsc1. The summed E-state index contributed by atoms with van der Waals surface area (Å²) in [7, 11) is 0. The van der Waals surface area contributed by atoms with Gasteiger partial charge in [0.2, 0.25) is 5.95 Å². The third-order valence-corrected chi connectivity index (χ3v) is 2.26. The highest BCUT2D eigenvalue weighted by Crippen LogP contribution is 2.07. The van der Waals surface area contributed by atoms with Crippen molar-refractivity contribution in [3.8, 4) is 0 Å². The third kappa shape index (κ3) is 1.94. The molecule has 1 amide bonds.